The Kier molecular flexibility index (Phi) is 5.17. The Balaban J connectivity index is 1.99. The number of ether oxygens (including phenoxy) is 1. The van der Waals surface area contributed by atoms with Gasteiger partial charge in [-0.2, -0.15) is 0 Å². The summed E-state index contributed by atoms with van der Waals surface area (Å²) in [6.45, 7) is 2.99. The predicted molar refractivity (Wildman–Crippen MR) is 74.7 cm³/mol. The quantitative estimate of drug-likeness (QED) is 0.834. The van der Waals surface area contributed by atoms with Crippen LogP contribution in [0.3, 0.4) is 0 Å². The second kappa shape index (κ2) is 6.88. The maximum Gasteiger partial charge on any atom is 0.0659 e. The van der Waals surface area contributed by atoms with E-state index in [1.165, 1.54) is 24.9 Å². The van der Waals surface area contributed by atoms with Gasteiger partial charge in [0.25, 0.3) is 0 Å². The zero-order chi connectivity index (χ0) is 12.8. The molecule has 0 spiro atoms. The van der Waals surface area contributed by atoms with Gasteiger partial charge in [-0.15, -0.1) is 0 Å². The molecule has 2 rings (SSSR count). The highest BCUT2D eigenvalue weighted by Gasteiger charge is 2.22. The fourth-order valence-electron chi connectivity index (χ4n) is 2.70. The molecule has 0 aliphatic carbocycles. The van der Waals surface area contributed by atoms with Crippen molar-refractivity contribution in [3.05, 3.63) is 35.9 Å². The van der Waals surface area contributed by atoms with Gasteiger partial charge in [-0.05, 0) is 32.0 Å². The third-order valence-corrected chi connectivity index (χ3v) is 3.71. The van der Waals surface area contributed by atoms with Crippen LogP contribution in [0, 0.1) is 0 Å². The van der Waals surface area contributed by atoms with Crippen LogP contribution in [-0.4, -0.2) is 44.8 Å². The van der Waals surface area contributed by atoms with E-state index < -0.39 is 0 Å². The molecule has 0 amide bonds. The van der Waals surface area contributed by atoms with Crippen LogP contribution in [0.25, 0.3) is 0 Å². The van der Waals surface area contributed by atoms with Crippen molar-refractivity contribution in [2.24, 2.45) is 0 Å². The fourth-order valence-corrected chi connectivity index (χ4v) is 2.70. The van der Waals surface area contributed by atoms with Crippen LogP contribution in [0.15, 0.2) is 30.3 Å². The molecule has 1 N–H and O–H groups in total. The Bertz CT molecular complexity index is 336. The molecule has 1 aromatic carbocycles. The van der Waals surface area contributed by atoms with Crippen molar-refractivity contribution in [2.75, 3.05) is 33.9 Å². The van der Waals surface area contributed by atoms with Crippen molar-refractivity contribution in [3.63, 3.8) is 0 Å². The van der Waals surface area contributed by atoms with E-state index in [9.17, 15) is 0 Å². The third-order valence-electron chi connectivity index (χ3n) is 3.71. The highest BCUT2D eigenvalue weighted by molar-refractivity contribution is 5.19. The first-order chi connectivity index (χ1) is 8.81. The van der Waals surface area contributed by atoms with Gasteiger partial charge >= 0.3 is 0 Å². The van der Waals surface area contributed by atoms with Gasteiger partial charge in [0.2, 0.25) is 0 Å². The van der Waals surface area contributed by atoms with Crippen LogP contribution in [0.1, 0.15) is 24.4 Å². The van der Waals surface area contributed by atoms with E-state index in [4.69, 9.17) is 4.74 Å². The number of hydrogen-bond donors (Lipinski definition) is 1. The smallest absolute Gasteiger partial charge is 0.0659 e. The molecule has 2 atom stereocenters. The lowest BCUT2D eigenvalue weighted by atomic mass is 10.1. The lowest BCUT2D eigenvalue weighted by Crippen LogP contribution is -2.38. The molecule has 0 radical (unpaired) electrons. The summed E-state index contributed by atoms with van der Waals surface area (Å²) in [6.07, 6.45) is 2.59. The van der Waals surface area contributed by atoms with E-state index >= 15 is 0 Å². The Morgan fingerprint density at radius 3 is 2.78 bits per heavy atom. The van der Waals surface area contributed by atoms with Gasteiger partial charge in [0.1, 0.15) is 0 Å². The van der Waals surface area contributed by atoms with Crippen LogP contribution < -0.4 is 5.32 Å². The highest BCUT2D eigenvalue weighted by Crippen LogP contribution is 2.20. The summed E-state index contributed by atoms with van der Waals surface area (Å²) in [6, 6.07) is 11.6. The monoisotopic (exact) mass is 248 g/mol. The van der Waals surface area contributed by atoms with Crippen LogP contribution in [0.5, 0.6) is 0 Å². The first-order valence-electron chi connectivity index (χ1n) is 6.78. The van der Waals surface area contributed by atoms with Gasteiger partial charge in [0.15, 0.2) is 0 Å². The number of nitrogens with one attached hydrogen (secondary N) is 1. The number of rotatable bonds is 6. The first-order valence-corrected chi connectivity index (χ1v) is 6.78. The summed E-state index contributed by atoms with van der Waals surface area (Å²) in [5, 5.41) is 3.55. The average molecular weight is 248 g/mol. The molecule has 1 aliphatic rings. The summed E-state index contributed by atoms with van der Waals surface area (Å²) in [5.41, 5.74) is 1.33. The van der Waals surface area contributed by atoms with E-state index in [1.807, 2.05) is 0 Å². The van der Waals surface area contributed by atoms with Crippen molar-refractivity contribution < 1.29 is 4.74 Å². The molecule has 2 unspecified atom stereocenters. The minimum Gasteiger partial charge on any atom is -0.383 e. The highest BCUT2D eigenvalue weighted by atomic mass is 16.5. The average Bonchev–Trinajstić information content (AvgIpc) is 2.89. The van der Waals surface area contributed by atoms with Crippen LogP contribution in [0.4, 0.5) is 0 Å². The van der Waals surface area contributed by atoms with Gasteiger partial charge in [0.05, 0.1) is 12.6 Å². The minimum absolute atomic E-state index is 0.346. The first kappa shape index (κ1) is 13.5. The maximum absolute atomic E-state index is 5.38. The molecule has 0 saturated carbocycles. The lowest BCUT2D eigenvalue weighted by molar-refractivity contribution is 0.101. The summed E-state index contributed by atoms with van der Waals surface area (Å²) >= 11 is 0. The molecule has 18 heavy (non-hydrogen) atoms. The number of likely N-dealkylation sites (N-methyl/N-ethyl adjacent to an activating group) is 1. The Hall–Kier alpha value is -0.900. The topological polar surface area (TPSA) is 24.5 Å². The van der Waals surface area contributed by atoms with E-state index in [1.54, 1.807) is 7.11 Å². The van der Waals surface area contributed by atoms with Gasteiger partial charge < -0.3 is 10.1 Å². The van der Waals surface area contributed by atoms with Gasteiger partial charge in [-0.1, -0.05) is 30.3 Å². The minimum atomic E-state index is 0.346. The second-order valence-corrected chi connectivity index (χ2v) is 5.11. The lowest BCUT2D eigenvalue weighted by Gasteiger charge is -2.30. The van der Waals surface area contributed by atoms with Crippen LogP contribution in [-0.2, 0) is 4.74 Å². The van der Waals surface area contributed by atoms with Crippen molar-refractivity contribution in [2.45, 2.75) is 24.9 Å². The number of benzene rings is 1. The van der Waals surface area contributed by atoms with E-state index in [2.05, 4.69) is 47.6 Å². The molecule has 3 nitrogen and oxygen atoms in total. The maximum atomic E-state index is 5.38. The molecule has 0 aromatic heterocycles. The molecule has 100 valence electrons. The van der Waals surface area contributed by atoms with E-state index in [0.29, 0.717) is 12.1 Å². The molecular weight excluding hydrogens is 224 g/mol. The molecule has 1 aliphatic heterocycles. The predicted octanol–water partition coefficient (Wildman–Crippen LogP) is 2.06. The molecular formula is C15H24N2O. The number of hydrogen-bond acceptors (Lipinski definition) is 3. The number of nitrogens with zero attached hydrogens (tertiary/aromatic N) is 1. The van der Waals surface area contributed by atoms with Crippen molar-refractivity contribution in [1.82, 2.24) is 10.2 Å². The van der Waals surface area contributed by atoms with Gasteiger partial charge in [-0.3, -0.25) is 4.90 Å². The van der Waals surface area contributed by atoms with Crippen molar-refractivity contribution in [1.29, 1.82) is 0 Å². The zero-order valence-corrected chi connectivity index (χ0v) is 11.4. The molecule has 1 saturated heterocycles. The number of methoxy groups -OCH3 is 1. The van der Waals surface area contributed by atoms with Crippen LogP contribution >= 0.6 is 0 Å². The molecule has 1 fully saturated rings. The largest absolute Gasteiger partial charge is 0.383 e. The summed E-state index contributed by atoms with van der Waals surface area (Å²) in [7, 11) is 3.97. The van der Waals surface area contributed by atoms with Gasteiger partial charge in [0, 0.05) is 19.7 Å². The molecule has 1 heterocycles. The van der Waals surface area contributed by atoms with E-state index in [-0.39, 0.29) is 0 Å². The standard InChI is InChI=1S/C15H24N2O/c1-17(11-14-9-6-10-16-14)15(12-18-2)13-7-4-3-5-8-13/h3-5,7-8,14-16H,6,9-12H2,1-2H3. The second-order valence-electron chi connectivity index (χ2n) is 5.11. The molecule has 0 bridgehead atoms. The van der Waals surface area contributed by atoms with E-state index in [0.717, 1.165) is 13.2 Å². The summed E-state index contributed by atoms with van der Waals surface area (Å²) in [4.78, 5) is 2.40. The van der Waals surface area contributed by atoms with Crippen molar-refractivity contribution >= 4 is 0 Å². The zero-order valence-electron chi connectivity index (χ0n) is 11.4. The Labute approximate surface area is 110 Å². The Morgan fingerprint density at radius 1 is 1.39 bits per heavy atom. The summed E-state index contributed by atoms with van der Waals surface area (Å²) in [5.74, 6) is 0. The normalized spacial score (nSPS) is 21.4. The Morgan fingerprint density at radius 2 is 2.17 bits per heavy atom. The van der Waals surface area contributed by atoms with Crippen molar-refractivity contribution in [3.8, 4) is 0 Å². The summed E-state index contributed by atoms with van der Waals surface area (Å²) < 4.78 is 5.38. The van der Waals surface area contributed by atoms with Crippen LogP contribution in [0.2, 0.25) is 0 Å². The van der Waals surface area contributed by atoms with Gasteiger partial charge in [-0.25, -0.2) is 0 Å². The molecule has 1 aromatic rings. The molecule has 3 heteroatoms. The SMILES string of the molecule is COCC(c1ccccc1)N(C)CC1CCCN1. The third kappa shape index (κ3) is 3.55. The fraction of sp³-hybridized carbons (Fsp3) is 0.600.